The van der Waals surface area contributed by atoms with Crippen molar-refractivity contribution >= 4 is 46.0 Å². The van der Waals surface area contributed by atoms with Gasteiger partial charge in [-0.1, -0.05) is 35.3 Å². The van der Waals surface area contributed by atoms with E-state index in [2.05, 4.69) is 10.2 Å². The smallest absolute Gasteiger partial charge is 0.313 e. The van der Waals surface area contributed by atoms with Crippen LogP contribution in [-0.4, -0.2) is 38.8 Å². The third-order valence-electron chi connectivity index (χ3n) is 3.41. The molecule has 3 rings (SSSR count). The van der Waals surface area contributed by atoms with Crippen LogP contribution in [0.1, 0.15) is 12.8 Å². The highest BCUT2D eigenvalue weighted by atomic mass is 32.2. The van der Waals surface area contributed by atoms with E-state index < -0.39 is 5.97 Å². The van der Waals surface area contributed by atoms with Gasteiger partial charge in [0.1, 0.15) is 0 Å². The Morgan fingerprint density at radius 1 is 1.29 bits per heavy atom. The number of anilines is 1. The molecule has 0 aromatic carbocycles. The number of carbonyl (C=O) groups is 3. The molecule has 2 amide bonds. The number of hydrogen-bond acceptors (Lipinski definition) is 7. The first-order valence-electron chi connectivity index (χ1n) is 6.29. The molecule has 1 aromatic heterocycles. The van der Waals surface area contributed by atoms with E-state index in [1.54, 1.807) is 0 Å². The van der Waals surface area contributed by atoms with Crippen LogP contribution in [-0.2, 0) is 14.4 Å². The fraction of sp³-hybridized carbons (Fsp3) is 0.417. The van der Waals surface area contributed by atoms with Crippen molar-refractivity contribution in [2.45, 2.75) is 17.2 Å². The Balaban J connectivity index is 1.79. The lowest BCUT2D eigenvalue weighted by Gasteiger charge is -2.14. The third kappa shape index (κ3) is 2.58. The molecule has 9 heteroatoms. The second kappa shape index (κ2) is 5.57. The fourth-order valence-corrected chi connectivity index (χ4v) is 4.04. The minimum atomic E-state index is -0.956. The number of fused-ring (bicyclic) bond motifs is 1. The highest BCUT2D eigenvalue weighted by molar-refractivity contribution is 8.01. The van der Waals surface area contributed by atoms with Gasteiger partial charge in [0.25, 0.3) is 0 Å². The number of aromatic nitrogens is 2. The molecule has 2 heterocycles. The van der Waals surface area contributed by atoms with Gasteiger partial charge in [-0.25, -0.2) is 4.90 Å². The maximum absolute atomic E-state index is 12.3. The van der Waals surface area contributed by atoms with Crippen molar-refractivity contribution in [1.29, 1.82) is 0 Å². The SMILES string of the molecule is O=C(O)CSc1nnc(N2C(=O)[C@H]3CC=CC[C@H]3C2=O)s1. The standard InChI is InChI=1S/C12H11N3O4S2/c16-8(17)5-20-12-14-13-11(21-12)15-9(18)6-3-1-2-4-7(6)10(15)19/h1-2,6-7H,3-5H2,(H,16,17)/t6-,7+. The largest absolute Gasteiger partial charge is 0.481 e. The number of thioether (sulfide) groups is 1. The molecule has 21 heavy (non-hydrogen) atoms. The van der Waals surface area contributed by atoms with Crippen LogP contribution in [0.4, 0.5) is 5.13 Å². The summed E-state index contributed by atoms with van der Waals surface area (Å²) in [4.78, 5) is 36.3. The molecule has 1 aliphatic carbocycles. The van der Waals surface area contributed by atoms with Gasteiger partial charge in [0, 0.05) is 0 Å². The summed E-state index contributed by atoms with van der Waals surface area (Å²) in [6, 6.07) is 0. The molecule has 110 valence electrons. The number of amides is 2. The summed E-state index contributed by atoms with van der Waals surface area (Å²) >= 11 is 2.09. The van der Waals surface area contributed by atoms with Gasteiger partial charge in [-0.3, -0.25) is 14.4 Å². The normalized spacial score (nSPS) is 24.5. The van der Waals surface area contributed by atoms with Crippen molar-refractivity contribution in [2.75, 3.05) is 10.7 Å². The summed E-state index contributed by atoms with van der Waals surface area (Å²) in [6.45, 7) is 0. The minimum absolute atomic E-state index is 0.133. The highest BCUT2D eigenvalue weighted by Crippen LogP contribution is 2.39. The van der Waals surface area contributed by atoms with Crippen LogP contribution in [0.25, 0.3) is 0 Å². The number of carboxylic acids is 1. The van der Waals surface area contributed by atoms with Crippen LogP contribution in [0.15, 0.2) is 16.5 Å². The summed E-state index contributed by atoms with van der Waals surface area (Å²) in [5.41, 5.74) is 0. The van der Waals surface area contributed by atoms with Gasteiger partial charge in [-0.2, -0.15) is 0 Å². The summed E-state index contributed by atoms with van der Waals surface area (Å²) < 4.78 is 0.431. The average molecular weight is 325 g/mol. The highest BCUT2D eigenvalue weighted by Gasteiger charge is 2.49. The molecule has 1 aliphatic heterocycles. The maximum Gasteiger partial charge on any atom is 0.313 e. The Morgan fingerprint density at radius 2 is 1.90 bits per heavy atom. The van der Waals surface area contributed by atoms with Gasteiger partial charge in [0.2, 0.25) is 16.9 Å². The molecular weight excluding hydrogens is 314 g/mol. The number of nitrogens with zero attached hydrogens (tertiary/aromatic N) is 3. The van der Waals surface area contributed by atoms with E-state index in [4.69, 9.17) is 5.11 Å². The number of rotatable bonds is 4. The van der Waals surface area contributed by atoms with Gasteiger partial charge >= 0.3 is 5.97 Å². The first-order chi connectivity index (χ1) is 10.1. The molecule has 0 unspecified atom stereocenters. The van der Waals surface area contributed by atoms with Gasteiger partial charge in [0.15, 0.2) is 4.34 Å². The van der Waals surface area contributed by atoms with Crippen molar-refractivity contribution in [2.24, 2.45) is 11.8 Å². The monoisotopic (exact) mass is 325 g/mol. The topological polar surface area (TPSA) is 100 Å². The summed E-state index contributed by atoms with van der Waals surface area (Å²) in [5, 5.41) is 16.5. The first kappa shape index (κ1) is 14.2. The summed E-state index contributed by atoms with van der Waals surface area (Å²) in [7, 11) is 0. The summed E-state index contributed by atoms with van der Waals surface area (Å²) in [6.07, 6.45) is 4.99. The lowest BCUT2D eigenvalue weighted by Crippen LogP contribution is -2.30. The first-order valence-corrected chi connectivity index (χ1v) is 8.09. The maximum atomic E-state index is 12.3. The van der Waals surface area contributed by atoms with E-state index in [9.17, 15) is 14.4 Å². The number of carboxylic acid groups (broad SMARTS) is 1. The number of imide groups is 1. The van der Waals surface area contributed by atoms with Crippen LogP contribution >= 0.6 is 23.1 Å². The predicted octanol–water partition coefficient (Wildman–Crippen LogP) is 1.17. The molecule has 1 fully saturated rings. The van der Waals surface area contributed by atoms with Crippen molar-refractivity contribution in [3.63, 3.8) is 0 Å². The summed E-state index contributed by atoms with van der Waals surface area (Å²) in [5.74, 6) is -2.17. The van der Waals surface area contributed by atoms with Gasteiger partial charge < -0.3 is 5.11 Å². The van der Waals surface area contributed by atoms with Crippen LogP contribution in [0.3, 0.4) is 0 Å². The van der Waals surface area contributed by atoms with Crippen LogP contribution in [0.2, 0.25) is 0 Å². The Labute approximate surface area is 128 Å². The van der Waals surface area contributed by atoms with E-state index in [0.29, 0.717) is 17.2 Å². The van der Waals surface area contributed by atoms with E-state index in [-0.39, 0.29) is 34.5 Å². The average Bonchev–Trinajstić information content (AvgIpc) is 3.02. The van der Waals surface area contributed by atoms with Crippen LogP contribution in [0.5, 0.6) is 0 Å². The Hall–Kier alpha value is -1.74. The van der Waals surface area contributed by atoms with E-state index >= 15 is 0 Å². The molecule has 0 radical (unpaired) electrons. The molecule has 1 saturated heterocycles. The van der Waals surface area contributed by atoms with Gasteiger partial charge in [-0.15, -0.1) is 10.2 Å². The number of carbonyl (C=O) groups excluding carboxylic acids is 2. The molecule has 0 bridgehead atoms. The van der Waals surface area contributed by atoms with E-state index in [1.165, 1.54) is 0 Å². The zero-order valence-electron chi connectivity index (χ0n) is 10.8. The molecule has 2 atom stereocenters. The minimum Gasteiger partial charge on any atom is -0.481 e. The van der Waals surface area contributed by atoms with Crippen molar-refractivity contribution < 1.29 is 19.5 Å². The van der Waals surface area contributed by atoms with Crippen molar-refractivity contribution in [1.82, 2.24) is 10.2 Å². The zero-order valence-corrected chi connectivity index (χ0v) is 12.4. The van der Waals surface area contributed by atoms with Gasteiger partial charge in [0.05, 0.1) is 17.6 Å². The Morgan fingerprint density at radius 3 is 2.48 bits per heavy atom. The third-order valence-corrected chi connectivity index (χ3v) is 5.44. The van der Waals surface area contributed by atoms with Crippen molar-refractivity contribution in [3.8, 4) is 0 Å². The number of hydrogen-bond donors (Lipinski definition) is 1. The Kier molecular flexibility index (Phi) is 3.77. The second-order valence-corrected chi connectivity index (χ2v) is 6.88. The van der Waals surface area contributed by atoms with Gasteiger partial charge in [-0.05, 0) is 12.8 Å². The van der Waals surface area contributed by atoms with E-state index in [1.807, 2.05) is 12.2 Å². The number of allylic oxidation sites excluding steroid dienone is 2. The zero-order chi connectivity index (χ0) is 15.0. The fourth-order valence-electron chi connectivity index (χ4n) is 2.46. The molecule has 7 nitrogen and oxygen atoms in total. The molecular formula is C12H11N3O4S2. The lowest BCUT2D eigenvalue weighted by atomic mass is 9.85. The molecule has 1 aromatic rings. The molecule has 1 N–H and O–H groups in total. The molecule has 0 saturated carbocycles. The van der Waals surface area contributed by atoms with E-state index in [0.717, 1.165) is 28.0 Å². The number of aliphatic carboxylic acids is 1. The lowest BCUT2D eigenvalue weighted by molar-refractivity contribution is -0.134. The van der Waals surface area contributed by atoms with Crippen LogP contribution < -0.4 is 4.90 Å². The second-order valence-electron chi connectivity index (χ2n) is 4.70. The molecule has 0 spiro atoms. The quantitative estimate of drug-likeness (QED) is 0.384. The predicted molar refractivity (Wildman–Crippen MR) is 76.1 cm³/mol. The van der Waals surface area contributed by atoms with Crippen LogP contribution in [0, 0.1) is 11.8 Å². The Bertz CT molecular complexity index is 616. The van der Waals surface area contributed by atoms with Crippen molar-refractivity contribution in [3.05, 3.63) is 12.2 Å². The molecule has 2 aliphatic rings.